The van der Waals surface area contributed by atoms with Gasteiger partial charge in [-0.15, -0.1) is 0 Å². The molecule has 0 saturated carbocycles. The molecule has 0 aliphatic heterocycles. The second-order valence-corrected chi connectivity index (χ2v) is 4.47. The minimum atomic E-state index is -0.235. The molecule has 0 radical (unpaired) electrons. The molecular weight excluding hydrogens is 180 g/mol. The third kappa shape index (κ3) is 1.87. The lowest BCUT2D eigenvalue weighted by atomic mass is 9.87. The standard InChI is InChI=1S/C9H18N4O/c1-5-13-7(11-12-8(13)14)6(10)9(2,3)4/h6H,5,10H2,1-4H3,(H,12,14)/t6-/m1/s1. The van der Waals surface area contributed by atoms with Crippen LogP contribution in [-0.2, 0) is 6.54 Å². The molecular formula is C9H18N4O. The SMILES string of the molecule is CCn1c([C@@H](N)C(C)(C)C)n[nH]c1=O. The van der Waals surface area contributed by atoms with Crippen molar-refractivity contribution in [1.29, 1.82) is 0 Å². The van der Waals surface area contributed by atoms with Crippen LogP contribution in [0, 0.1) is 5.41 Å². The van der Waals surface area contributed by atoms with Crippen LogP contribution in [0.1, 0.15) is 39.6 Å². The number of aromatic nitrogens is 3. The van der Waals surface area contributed by atoms with Crippen molar-refractivity contribution in [2.75, 3.05) is 0 Å². The van der Waals surface area contributed by atoms with Gasteiger partial charge in [0.05, 0.1) is 6.04 Å². The summed E-state index contributed by atoms with van der Waals surface area (Å²) in [6.45, 7) is 8.56. The number of nitrogens with two attached hydrogens (primary N) is 1. The summed E-state index contributed by atoms with van der Waals surface area (Å²) < 4.78 is 1.57. The molecule has 1 aromatic rings. The quantitative estimate of drug-likeness (QED) is 0.732. The Morgan fingerprint density at radius 2 is 2.14 bits per heavy atom. The maximum atomic E-state index is 11.3. The Labute approximate surface area is 83.3 Å². The molecule has 0 bridgehead atoms. The first-order valence-electron chi connectivity index (χ1n) is 4.78. The summed E-state index contributed by atoms with van der Waals surface area (Å²) in [6, 6.07) is -0.235. The highest BCUT2D eigenvalue weighted by atomic mass is 16.1. The molecule has 1 heterocycles. The number of nitrogens with zero attached hydrogens (tertiary/aromatic N) is 2. The second kappa shape index (κ2) is 3.57. The Morgan fingerprint density at radius 1 is 1.57 bits per heavy atom. The number of H-pyrrole nitrogens is 1. The van der Waals surface area contributed by atoms with Crippen LogP contribution in [-0.4, -0.2) is 14.8 Å². The van der Waals surface area contributed by atoms with Crippen molar-refractivity contribution < 1.29 is 0 Å². The van der Waals surface area contributed by atoms with Crippen LogP contribution in [0.25, 0.3) is 0 Å². The summed E-state index contributed by atoms with van der Waals surface area (Å²) in [5.41, 5.74) is 5.73. The van der Waals surface area contributed by atoms with Crippen molar-refractivity contribution in [3.63, 3.8) is 0 Å². The van der Waals surface area contributed by atoms with Crippen LogP contribution in [0.2, 0.25) is 0 Å². The Kier molecular flexibility index (Phi) is 2.80. The van der Waals surface area contributed by atoms with Crippen LogP contribution in [0.3, 0.4) is 0 Å². The van der Waals surface area contributed by atoms with Gasteiger partial charge in [0, 0.05) is 6.54 Å². The topological polar surface area (TPSA) is 76.7 Å². The van der Waals surface area contributed by atoms with E-state index in [9.17, 15) is 4.79 Å². The van der Waals surface area contributed by atoms with Crippen LogP contribution in [0.5, 0.6) is 0 Å². The van der Waals surface area contributed by atoms with Crippen molar-refractivity contribution in [1.82, 2.24) is 14.8 Å². The van der Waals surface area contributed by atoms with Crippen LogP contribution in [0.4, 0.5) is 0 Å². The molecule has 1 rings (SSSR count). The molecule has 0 unspecified atom stereocenters. The molecule has 5 nitrogen and oxygen atoms in total. The summed E-state index contributed by atoms with van der Waals surface area (Å²) >= 11 is 0. The van der Waals surface area contributed by atoms with E-state index >= 15 is 0 Å². The summed E-state index contributed by atoms with van der Waals surface area (Å²) in [5.74, 6) is 0.630. The third-order valence-corrected chi connectivity index (χ3v) is 2.32. The largest absolute Gasteiger partial charge is 0.343 e. The fraction of sp³-hybridized carbons (Fsp3) is 0.778. The Balaban J connectivity index is 3.13. The van der Waals surface area contributed by atoms with Gasteiger partial charge in [-0.05, 0) is 12.3 Å². The minimum absolute atomic E-state index is 0.0987. The number of hydrogen-bond donors (Lipinski definition) is 2. The molecule has 0 fully saturated rings. The monoisotopic (exact) mass is 198 g/mol. The second-order valence-electron chi connectivity index (χ2n) is 4.47. The van der Waals surface area contributed by atoms with Crippen LogP contribution >= 0.6 is 0 Å². The first-order chi connectivity index (χ1) is 6.38. The highest BCUT2D eigenvalue weighted by Crippen LogP contribution is 2.28. The van der Waals surface area contributed by atoms with E-state index in [1.54, 1.807) is 4.57 Å². The highest BCUT2D eigenvalue weighted by Gasteiger charge is 2.27. The van der Waals surface area contributed by atoms with Gasteiger partial charge < -0.3 is 5.73 Å². The van der Waals surface area contributed by atoms with Gasteiger partial charge in [0.1, 0.15) is 0 Å². The van der Waals surface area contributed by atoms with E-state index in [1.165, 1.54) is 0 Å². The molecule has 14 heavy (non-hydrogen) atoms. The zero-order valence-corrected chi connectivity index (χ0v) is 9.16. The van der Waals surface area contributed by atoms with E-state index in [0.717, 1.165) is 0 Å². The summed E-state index contributed by atoms with van der Waals surface area (Å²) in [5, 5.41) is 6.37. The van der Waals surface area contributed by atoms with Gasteiger partial charge in [0.25, 0.3) is 0 Å². The molecule has 80 valence electrons. The molecule has 0 amide bonds. The van der Waals surface area contributed by atoms with Crippen molar-refractivity contribution in [2.45, 2.75) is 40.3 Å². The molecule has 1 atom stereocenters. The maximum absolute atomic E-state index is 11.3. The van der Waals surface area contributed by atoms with E-state index in [-0.39, 0.29) is 17.1 Å². The zero-order valence-electron chi connectivity index (χ0n) is 9.16. The maximum Gasteiger partial charge on any atom is 0.343 e. The summed E-state index contributed by atoms with van der Waals surface area (Å²) in [6.07, 6.45) is 0. The van der Waals surface area contributed by atoms with Gasteiger partial charge in [-0.2, -0.15) is 5.10 Å². The van der Waals surface area contributed by atoms with Gasteiger partial charge >= 0.3 is 5.69 Å². The van der Waals surface area contributed by atoms with Gasteiger partial charge in [-0.3, -0.25) is 4.57 Å². The molecule has 5 heteroatoms. The number of aromatic amines is 1. The number of rotatable bonds is 2. The van der Waals surface area contributed by atoms with E-state index in [0.29, 0.717) is 12.4 Å². The zero-order chi connectivity index (χ0) is 10.9. The van der Waals surface area contributed by atoms with Crippen LogP contribution in [0.15, 0.2) is 4.79 Å². The first kappa shape index (κ1) is 11.0. The number of hydrogen-bond acceptors (Lipinski definition) is 3. The molecule has 0 aliphatic rings. The lowest BCUT2D eigenvalue weighted by Crippen LogP contribution is -2.31. The average molecular weight is 198 g/mol. The van der Waals surface area contributed by atoms with Crippen molar-refractivity contribution in [3.05, 3.63) is 16.3 Å². The van der Waals surface area contributed by atoms with Crippen LogP contribution < -0.4 is 11.4 Å². The summed E-state index contributed by atoms with van der Waals surface area (Å²) in [7, 11) is 0. The van der Waals surface area contributed by atoms with E-state index < -0.39 is 0 Å². The smallest absolute Gasteiger partial charge is 0.321 e. The third-order valence-electron chi connectivity index (χ3n) is 2.32. The summed E-state index contributed by atoms with van der Waals surface area (Å²) in [4.78, 5) is 11.3. The van der Waals surface area contributed by atoms with Crippen molar-refractivity contribution in [2.24, 2.45) is 11.1 Å². The number of nitrogens with one attached hydrogen (secondary N) is 1. The van der Waals surface area contributed by atoms with Gasteiger partial charge in [-0.25, -0.2) is 9.89 Å². The predicted molar refractivity (Wildman–Crippen MR) is 54.9 cm³/mol. The van der Waals surface area contributed by atoms with Gasteiger partial charge in [-0.1, -0.05) is 20.8 Å². The van der Waals surface area contributed by atoms with E-state index in [2.05, 4.69) is 10.2 Å². The van der Waals surface area contributed by atoms with Gasteiger partial charge in [0.15, 0.2) is 5.82 Å². The van der Waals surface area contributed by atoms with E-state index in [1.807, 2.05) is 27.7 Å². The van der Waals surface area contributed by atoms with Crippen molar-refractivity contribution in [3.8, 4) is 0 Å². The normalized spacial score (nSPS) is 14.4. The molecule has 0 saturated heterocycles. The molecule has 3 N–H and O–H groups in total. The van der Waals surface area contributed by atoms with Gasteiger partial charge in [0.2, 0.25) is 0 Å². The molecule has 0 spiro atoms. The van der Waals surface area contributed by atoms with E-state index in [4.69, 9.17) is 5.73 Å². The Bertz CT molecular complexity index is 358. The average Bonchev–Trinajstić information content (AvgIpc) is 2.43. The lowest BCUT2D eigenvalue weighted by Gasteiger charge is -2.25. The Morgan fingerprint density at radius 3 is 2.57 bits per heavy atom. The predicted octanol–water partition coefficient (Wildman–Crippen LogP) is 0.637. The molecule has 0 aromatic carbocycles. The molecule has 1 aromatic heterocycles. The van der Waals surface area contributed by atoms with Crippen molar-refractivity contribution >= 4 is 0 Å². The molecule has 0 aliphatic carbocycles. The fourth-order valence-electron chi connectivity index (χ4n) is 1.26. The Hall–Kier alpha value is -1.10. The lowest BCUT2D eigenvalue weighted by molar-refractivity contribution is 0.307. The highest BCUT2D eigenvalue weighted by molar-refractivity contribution is 4.98. The minimum Gasteiger partial charge on any atom is -0.321 e. The fourth-order valence-corrected chi connectivity index (χ4v) is 1.26. The first-order valence-corrected chi connectivity index (χ1v) is 4.78.